The molecule has 0 unspecified atom stereocenters. The minimum absolute atomic E-state index is 0.149. The van der Waals surface area contributed by atoms with Crippen LogP contribution in [-0.2, 0) is 26.7 Å². The highest BCUT2D eigenvalue weighted by Gasteiger charge is 2.48. The third-order valence-electron chi connectivity index (χ3n) is 7.99. The highest BCUT2D eigenvalue weighted by molar-refractivity contribution is 6.28. The number of rotatable bonds is 12. The Labute approximate surface area is 268 Å². The molecule has 2 aromatic rings. The van der Waals surface area contributed by atoms with Gasteiger partial charge in [-0.25, -0.2) is 0 Å². The van der Waals surface area contributed by atoms with Gasteiger partial charge in [-0.15, -0.1) is 0 Å². The maximum atomic E-state index is 12.8. The molecule has 0 aromatic heterocycles. The lowest BCUT2D eigenvalue weighted by Gasteiger charge is -2.12. The number of ether oxygens (including phenoxy) is 1. The van der Waals surface area contributed by atoms with Gasteiger partial charge in [0.1, 0.15) is 16.9 Å². The van der Waals surface area contributed by atoms with Crippen LogP contribution >= 0.6 is 0 Å². The first-order valence-electron chi connectivity index (χ1n) is 14.2. The third-order valence-corrected chi connectivity index (χ3v) is 7.99. The topological polar surface area (TPSA) is 164 Å². The average Bonchev–Trinajstić information content (AvgIpc) is 3.94. The lowest BCUT2D eigenvalue weighted by molar-refractivity contribution is -0.385. The number of nitro benzene ring substituents is 2. The van der Waals surface area contributed by atoms with Crippen LogP contribution in [0.15, 0.2) is 48.2 Å². The van der Waals surface area contributed by atoms with Gasteiger partial charge in [0.2, 0.25) is 5.78 Å². The summed E-state index contributed by atoms with van der Waals surface area (Å²) < 4.78 is 81.1. The summed E-state index contributed by atoms with van der Waals surface area (Å²) in [5, 5.41) is 22.1. The van der Waals surface area contributed by atoms with Crippen LogP contribution in [-0.4, -0.2) is 39.6 Å². The van der Waals surface area contributed by atoms with E-state index in [1.165, 1.54) is 0 Å². The van der Waals surface area contributed by atoms with Crippen molar-refractivity contribution in [3.8, 4) is 0 Å². The second-order valence-electron chi connectivity index (χ2n) is 11.8. The van der Waals surface area contributed by atoms with Crippen molar-refractivity contribution >= 4 is 34.5 Å². The molecule has 0 amide bonds. The van der Waals surface area contributed by atoms with Gasteiger partial charge in [0.05, 0.1) is 45.8 Å². The summed E-state index contributed by atoms with van der Waals surface area (Å²) in [5.41, 5.74) is -7.21. The smallest absolute Gasteiger partial charge is 0.416 e. The summed E-state index contributed by atoms with van der Waals surface area (Å²) in [6, 6.07) is 3.24. The Morgan fingerprint density at radius 2 is 1.23 bits per heavy atom. The molecule has 48 heavy (non-hydrogen) atoms. The van der Waals surface area contributed by atoms with Crippen LogP contribution in [0, 0.1) is 31.1 Å². The Kier molecular flexibility index (Phi) is 10.7. The second kappa shape index (κ2) is 13.6. The van der Waals surface area contributed by atoms with Gasteiger partial charge in [0, 0.05) is 23.0 Å². The van der Waals surface area contributed by atoms with Crippen LogP contribution in [0.3, 0.4) is 0 Å². The molecular formula is C31H28F6N2O9. The van der Waals surface area contributed by atoms with E-state index in [9.17, 15) is 65.7 Å². The number of alkyl halides is 6. The van der Waals surface area contributed by atoms with E-state index in [0.29, 0.717) is 49.9 Å². The molecule has 0 atom stereocenters. The first kappa shape index (κ1) is 37.5. The second-order valence-corrected chi connectivity index (χ2v) is 11.8. The molecule has 2 aliphatic carbocycles. The van der Waals surface area contributed by atoms with Gasteiger partial charge in [0.15, 0.2) is 11.6 Å². The SMILES string of the molecule is CC1(C(=O)CC(=O)c2ccc(C(F)(F)F)cc2[N+](=O)[O-])CC1.CCOC=C(C(=O)c1ccc(C(F)(F)F)cc1[N+](=O)[O-])C(=O)C1(C)CC1. The van der Waals surface area contributed by atoms with Crippen LogP contribution < -0.4 is 0 Å². The molecule has 0 N–H and O–H groups in total. The minimum Gasteiger partial charge on any atom is -0.501 e. The number of nitro groups is 2. The maximum Gasteiger partial charge on any atom is 0.416 e. The number of nitrogens with zero attached hydrogens (tertiary/aromatic N) is 2. The molecule has 2 aromatic carbocycles. The van der Waals surface area contributed by atoms with Crippen molar-refractivity contribution in [3.63, 3.8) is 0 Å². The van der Waals surface area contributed by atoms with E-state index in [0.717, 1.165) is 12.3 Å². The molecule has 4 rings (SSSR count). The third kappa shape index (κ3) is 8.68. The standard InChI is InChI=1S/C17H16F3NO5.C14H12F3NO4/c1-3-26-9-12(15(23)16(2)6-7-16)14(22)11-5-4-10(17(18,19)20)8-13(11)21(24)25;1-13(4-5-13)12(20)7-11(19)9-3-2-8(14(15,16)17)6-10(9)18(21)22/h4-5,8-9H,3,6-7H2,1-2H3;2-3,6H,4-5,7H2,1H3. The average molecular weight is 687 g/mol. The summed E-state index contributed by atoms with van der Waals surface area (Å²) >= 11 is 0. The zero-order chi connectivity index (χ0) is 36.4. The van der Waals surface area contributed by atoms with E-state index in [1.807, 2.05) is 0 Å². The highest BCUT2D eigenvalue weighted by Crippen LogP contribution is 2.48. The molecule has 2 aliphatic rings. The van der Waals surface area contributed by atoms with Crippen molar-refractivity contribution in [1.82, 2.24) is 0 Å². The van der Waals surface area contributed by atoms with E-state index >= 15 is 0 Å². The molecular weight excluding hydrogens is 658 g/mol. The lowest BCUT2D eigenvalue weighted by Crippen LogP contribution is -2.22. The Bertz CT molecular complexity index is 1700. The summed E-state index contributed by atoms with van der Waals surface area (Å²) in [6.45, 7) is 5.09. The van der Waals surface area contributed by atoms with Crippen molar-refractivity contribution in [3.05, 3.63) is 90.7 Å². The zero-order valence-corrected chi connectivity index (χ0v) is 25.6. The molecule has 0 heterocycles. The van der Waals surface area contributed by atoms with Gasteiger partial charge in [0.25, 0.3) is 11.4 Å². The van der Waals surface area contributed by atoms with Crippen molar-refractivity contribution in [2.75, 3.05) is 6.61 Å². The van der Waals surface area contributed by atoms with Crippen LogP contribution in [0.5, 0.6) is 0 Å². The predicted molar refractivity (Wildman–Crippen MR) is 154 cm³/mol. The number of Topliss-reactive ketones (excluding diaryl/α,β-unsaturated/α-hetero) is 4. The zero-order valence-electron chi connectivity index (χ0n) is 25.6. The van der Waals surface area contributed by atoms with Crippen molar-refractivity contribution < 1.29 is 60.1 Å². The van der Waals surface area contributed by atoms with Gasteiger partial charge < -0.3 is 4.74 Å². The largest absolute Gasteiger partial charge is 0.501 e. The summed E-state index contributed by atoms with van der Waals surface area (Å²) in [6.07, 6.45) is -6.76. The van der Waals surface area contributed by atoms with Crippen molar-refractivity contribution in [1.29, 1.82) is 0 Å². The fourth-order valence-electron chi connectivity index (χ4n) is 4.33. The van der Waals surface area contributed by atoms with Crippen LogP contribution in [0.4, 0.5) is 37.7 Å². The Hall–Kier alpha value is -4.96. The first-order valence-corrected chi connectivity index (χ1v) is 14.2. The minimum atomic E-state index is -4.80. The number of hydrogen-bond donors (Lipinski definition) is 0. The Balaban J connectivity index is 0.000000264. The number of carbonyl (C=O) groups excluding carboxylic acids is 4. The maximum absolute atomic E-state index is 12.8. The van der Waals surface area contributed by atoms with E-state index < -0.39 is 96.0 Å². The summed E-state index contributed by atoms with van der Waals surface area (Å²) in [5.74, 6) is -2.74. The Morgan fingerprint density at radius 3 is 1.62 bits per heavy atom. The summed E-state index contributed by atoms with van der Waals surface area (Å²) in [7, 11) is 0. The Morgan fingerprint density at radius 1 is 0.792 bits per heavy atom. The summed E-state index contributed by atoms with van der Waals surface area (Å²) in [4.78, 5) is 69.0. The number of hydrogen-bond acceptors (Lipinski definition) is 9. The fourth-order valence-corrected chi connectivity index (χ4v) is 4.33. The number of benzene rings is 2. The molecule has 0 radical (unpaired) electrons. The predicted octanol–water partition coefficient (Wildman–Crippen LogP) is 7.64. The quantitative estimate of drug-likeness (QED) is 0.0319. The number of allylic oxidation sites excluding steroid dienone is 1. The molecule has 0 saturated heterocycles. The van der Waals surface area contributed by atoms with Crippen LogP contribution in [0.1, 0.15) is 84.7 Å². The van der Waals surface area contributed by atoms with Gasteiger partial charge >= 0.3 is 12.4 Å². The van der Waals surface area contributed by atoms with Crippen LogP contribution in [0.25, 0.3) is 0 Å². The van der Waals surface area contributed by atoms with Gasteiger partial charge in [-0.2, -0.15) is 26.3 Å². The molecule has 0 aliphatic heterocycles. The monoisotopic (exact) mass is 686 g/mol. The molecule has 0 bridgehead atoms. The van der Waals surface area contributed by atoms with Crippen LogP contribution in [0.2, 0.25) is 0 Å². The molecule has 17 heteroatoms. The van der Waals surface area contributed by atoms with Gasteiger partial charge in [-0.05, 0) is 56.9 Å². The van der Waals surface area contributed by atoms with E-state index in [-0.39, 0.29) is 18.5 Å². The van der Waals surface area contributed by atoms with Crippen molar-refractivity contribution in [2.24, 2.45) is 10.8 Å². The number of carbonyl (C=O) groups is 4. The van der Waals surface area contributed by atoms with E-state index in [1.54, 1.807) is 20.8 Å². The normalized spacial score (nSPS) is 16.1. The lowest BCUT2D eigenvalue weighted by atomic mass is 9.91. The highest BCUT2D eigenvalue weighted by atomic mass is 19.4. The number of ketones is 4. The van der Waals surface area contributed by atoms with E-state index in [2.05, 4.69) is 0 Å². The molecule has 258 valence electrons. The number of halogens is 6. The molecule has 2 saturated carbocycles. The van der Waals surface area contributed by atoms with Crippen molar-refractivity contribution in [2.45, 2.75) is 65.2 Å². The molecule has 2 fully saturated rings. The molecule has 0 spiro atoms. The fraction of sp³-hybridized carbons (Fsp3) is 0.419. The van der Waals surface area contributed by atoms with E-state index in [4.69, 9.17) is 4.74 Å². The van der Waals surface area contributed by atoms with Gasteiger partial charge in [-0.3, -0.25) is 39.4 Å². The first-order chi connectivity index (χ1) is 22.1. The van der Waals surface area contributed by atoms with Gasteiger partial charge in [-0.1, -0.05) is 13.8 Å². The molecule has 11 nitrogen and oxygen atoms in total.